The lowest BCUT2D eigenvalue weighted by atomic mass is 9.89. The lowest BCUT2D eigenvalue weighted by Crippen LogP contribution is -2.26. The number of benzene rings is 1. The number of halogens is 1. The molecule has 2 saturated carbocycles. The van der Waals surface area contributed by atoms with E-state index in [1.807, 2.05) is 36.9 Å². The number of pyridine rings is 1. The second kappa shape index (κ2) is 10.5. The number of aliphatic carboxylic acids is 1. The Morgan fingerprint density at radius 2 is 1.89 bits per heavy atom. The van der Waals surface area contributed by atoms with Gasteiger partial charge in [0.25, 0.3) is 0 Å². The molecule has 1 N–H and O–H groups in total. The Labute approximate surface area is 229 Å². The van der Waals surface area contributed by atoms with Crippen LogP contribution in [0.15, 0.2) is 33.8 Å². The molecule has 2 aliphatic rings. The third-order valence-electron chi connectivity index (χ3n) is 7.18. The topological polar surface area (TPSA) is 88.3 Å². The molecule has 0 aliphatic heterocycles. The molecule has 0 atom stereocenters. The van der Waals surface area contributed by atoms with Crippen LogP contribution in [0.1, 0.15) is 62.5 Å². The molecular weight excluding hydrogens is 552 g/mol. The third kappa shape index (κ3) is 5.27. The van der Waals surface area contributed by atoms with Gasteiger partial charge < -0.3 is 5.11 Å². The summed E-state index contributed by atoms with van der Waals surface area (Å²) in [4.78, 5) is 31.4. The Bertz CT molecular complexity index is 1450. The number of carboxylic acid groups (broad SMARTS) is 1. The standard InChI is InChI=1S/C28H29BrN4O3S/c1-4-5-25(34)33(23-14-16(2)21(29)15-20(23)17-6-7-17)24-13-12-22-26(30-24)27(31-32(22)3)37-19-10-8-18(9-11-19)28(35)36/h12-15,17-19H,6-11H2,1-3H3,(H,35,36). The van der Waals surface area contributed by atoms with Crippen LogP contribution in [0.25, 0.3) is 11.0 Å². The number of aromatic nitrogens is 3. The second-order valence-electron chi connectivity index (χ2n) is 9.85. The first-order valence-electron chi connectivity index (χ1n) is 12.6. The summed E-state index contributed by atoms with van der Waals surface area (Å²) in [5.41, 5.74) is 4.62. The monoisotopic (exact) mass is 580 g/mol. The molecule has 0 unspecified atom stereocenters. The van der Waals surface area contributed by atoms with Crippen LogP contribution in [0.2, 0.25) is 0 Å². The summed E-state index contributed by atoms with van der Waals surface area (Å²) in [6, 6.07) is 7.98. The van der Waals surface area contributed by atoms with Crippen molar-refractivity contribution in [3.05, 3.63) is 39.9 Å². The summed E-state index contributed by atoms with van der Waals surface area (Å²) in [5.74, 6) is 5.15. The van der Waals surface area contributed by atoms with E-state index in [-0.39, 0.29) is 11.8 Å². The zero-order chi connectivity index (χ0) is 26.3. The number of carbonyl (C=O) groups is 2. The van der Waals surface area contributed by atoms with Crippen molar-refractivity contribution in [2.45, 2.75) is 68.6 Å². The lowest BCUT2D eigenvalue weighted by molar-refractivity contribution is -0.142. The number of hydrogen-bond acceptors (Lipinski definition) is 5. The summed E-state index contributed by atoms with van der Waals surface area (Å²) >= 11 is 5.32. The van der Waals surface area contributed by atoms with Gasteiger partial charge in [-0.1, -0.05) is 33.6 Å². The molecular formula is C28H29BrN4O3S. The summed E-state index contributed by atoms with van der Waals surface area (Å²) in [5, 5.41) is 15.2. The highest BCUT2D eigenvalue weighted by Crippen LogP contribution is 2.47. The van der Waals surface area contributed by atoms with Gasteiger partial charge in [-0.25, -0.2) is 4.98 Å². The number of nitrogens with zero attached hydrogens (tertiary/aromatic N) is 4. The molecule has 1 aromatic carbocycles. The normalized spacial score (nSPS) is 19.4. The van der Waals surface area contributed by atoms with Gasteiger partial charge in [0.2, 0.25) is 0 Å². The van der Waals surface area contributed by atoms with E-state index >= 15 is 0 Å². The van der Waals surface area contributed by atoms with Crippen LogP contribution in [-0.4, -0.2) is 37.0 Å². The number of hydrogen-bond donors (Lipinski definition) is 1. The zero-order valence-corrected chi connectivity index (χ0v) is 23.5. The largest absolute Gasteiger partial charge is 0.481 e. The molecule has 0 saturated heterocycles. The molecule has 2 fully saturated rings. The SMILES string of the molecule is CC#CC(=O)N(c1ccc2c(n1)c(SC1CCC(C(=O)O)CC1)nn2C)c1cc(C)c(Br)cc1C1CC1. The maximum atomic E-state index is 13.4. The van der Waals surface area contributed by atoms with Crippen molar-refractivity contribution in [2.75, 3.05) is 4.90 Å². The first-order chi connectivity index (χ1) is 17.8. The van der Waals surface area contributed by atoms with E-state index in [4.69, 9.17) is 10.1 Å². The second-order valence-corrected chi connectivity index (χ2v) is 12.0. The number of aryl methyl sites for hydroxylation is 2. The summed E-state index contributed by atoms with van der Waals surface area (Å²) < 4.78 is 2.84. The number of thioether (sulfide) groups is 1. The predicted octanol–water partition coefficient (Wildman–Crippen LogP) is 6.34. The third-order valence-corrected chi connectivity index (χ3v) is 9.34. The first kappa shape index (κ1) is 25.8. The molecule has 2 aromatic heterocycles. The van der Waals surface area contributed by atoms with E-state index in [0.717, 1.165) is 63.0 Å². The smallest absolute Gasteiger partial charge is 0.308 e. The minimum Gasteiger partial charge on any atom is -0.481 e. The predicted molar refractivity (Wildman–Crippen MR) is 149 cm³/mol. The van der Waals surface area contributed by atoms with Gasteiger partial charge in [0, 0.05) is 16.8 Å². The van der Waals surface area contributed by atoms with Crippen molar-refractivity contribution >= 4 is 62.1 Å². The fourth-order valence-electron chi connectivity index (χ4n) is 4.98. The highest BCUT2D eigenvalue weighted by Gasteiger charge is 2.32. The molecule has 0 bridgehead atoms. The van der Waals surface area contributed by atoms with Gasteiger partial charge in [0.1, 0.15) is 16.4 Å². The van der Waals surface area contributed by atoms with Gasteiger partial charge in [0.15, 0.2) is 0 Å². The maximum absolute atomic E-state index is 13.4. The number of carbonyl (C=O) groups excluding carboxylic acids is 1. The molecule has 5 rings (SSSR count). The minimum atomic E-state index is -0.702. The van der Waals surface area contributed by atoms with Crippen LogP contribution in [0.4, 0.5) is 11.5 Å². The fourth-order valence-corrected chi connectivity index (χ4v) is 6.60. The average molecular weight is 582 g/mol. The molecule has 2 heterocycles. The molecule has 0 spiro atoms. The quantitative estimate of drug-likeness (QED) is 0.342. The molecule has 1 amide bonds. The van der Waals surface area contributed by atoms with Gasteiger partial charge in [-0.15, -0.1) is 0 Å². The van der Waals surface area contributed by atoms with E-state index < -0.39 is 5.97 Å². The number of fused-ring (bicyclic) bond motifs is 1. The van der Waals surface area contributed by atoms with Gasteiger partial charge in [-0.3, -0.25) is 19.2 Å². The summed E-state index contributed by atoms with van der Waals surface area (Å²) in [6.45, 7) is 3.68. The van der Waals surface area contributed by atoms with Gasteiger partial charge >= 0.3 is 11.9 Å². The summed E-state index contributed by atoms with van der Waals surface area (Å²) in [6.07, 6.45) is 5.23. The van der Waals surface area contributed by atoms with Crippen molar-refractivity contribution in [3.63, 3.8) is 0 Å². The highest BCUT2D eigenvalue weighted by molar-refractivity contribution is 9.10. The summed E-state index contributed by atoms with van der Waals surface area (Å²) in [7, 11) is 1.89. The van der Waals surface area contributed by atoms with E-state index in [2.05, 4.69) is 33.8 Å². The van der Waals surface area contributed by atoms with E-state index in [9.17, 15) is 14.7 Å². The van der Waals surface area contributed by atoms with E-state index in [0.29, 0.717) is 29.8 Å². The molecule has 9 heteroatoms. The van der Waals surface area contributed by atoms with Gasteiger partial charge in [0.05, 0.1) is 17.1 Å². The molecule has 192 valence electrons. The number of amides is 1. The zero-order valence-electron chi connectivity index (χ0n) is 21.1. The van der Waals surface area contributed by atoms with Crippen LogP contribution < -0.4 is 4.90 Å². The van der Waals surface area contributed by atoms with Crippen molar-refractivity contribution < 1.29 is 14.7 Å². The van der Waals surface area contributed by atoms with Gasteiger partial charge in [-0.2, -0.15) is 5.10 Å². The number of carboxylic acids is 1. The first-order valence-corrected chi connectivity index (χ1v) is 14.2. The Hall–Kier alpha value is -2.83. The molecule has 2 aliphatic carbocycles. The van der Waals surface area contributed by atoms with Crippen molar-refractivity contribution in [1.82, 2.24) is 14.8 Å². The number of rotatable bonds is 6. The van der Waals surface area contributed by atoms with Crippen molar-refractivity contribution in [1.29, 1.82) is 0 Å². The Morgan fingerprint density at radius 1 is 1.16 bits per heavy atom. The van der Waals surface area contributed by atoms with Gasteiger partial charge in [-0.05, 0) is 99.6 Å². The molecule has 3 aromatic rings. The van der Waals surface area contributed by atoms with Crippen LogP contribution in [0.5, 0.6) is 0 Å². The van der Waals surface area contributed by atoms with Crippen molar-refractivity contribution in [3.8, 4) is 11.8 Å². The average Bonchev–Trinajstić information content (AvgIpc) is 3.67. The Balaban J connectivity index is 1.55. The van der Waals surface area contributed by atoms with Crippen LogP contribution in [0.3, 0.4) is 0 Å². The lowest BCUT2D eigenvalue weighted by Gasteiger charge is -2.25. The molecule has 0 radical (unpaired) electrons. The minimum absolute atomic E-state index is 0.253. The van der Waals surface area contributed by atoms with Crippen molar-refractivity contribution in [2.24, 2.45) is 13.0 Å². The molecule has 37 heavy (non-hydrogen) atoms. The van der Waals surface area contributed by atoms with E-state index in [1.165, 1.54) is 0 Å². The Kier molecular flexibility index (Phi) is 7.32. The Morgan fingerprint density at radius 3 is 2.54 bits per heavy atom. The van der Waals surface area contributed by atoms with E-state index in [1.54, 1.807) is 23.6 Å². The maximum Gasteiger partial charge on any atom is 0.308 e. The highest BCUT2D eigenvalue weighted by atomic mass is 79.9. The number of anilines is 2. The van der Waals surface area contributed by atoms with Crippen LogP contribution in [-0.2, 0) is 16.6 Å². The molecule has 7 nitrogen and oxygen atoms in total. The fraction of sp³-hybridized carbons (Fsp3) is 0.429. The van der Waals surface area contributed by atoms with Crippen LogP contribution >= 0.6 is 27.7 Å². The van der Waals surface area contributed by atoms with Crippen LogP contribution in [0, 0.1) is 24.7 Å².